The van der Waals surface area contributed by atoms with Crippen LogP contribution in [-0.4, -0.2) is 38.6 Å². The van der Waals surface area contributed by atoms with E-state index in [2.05, 4.69) is 15.3 Å². The fourth-order valence-electron chi connectivity index (χ4n) is 3.82. The molecule has 1 amide bonds. The molecule has 162 valence electrons. The molecule has 4 rings (SSSR count). The van der Waals surface area contributed by atoms with E-state index in [1.807, 2.05) is 19.9 Å². The molecular formula is C21H22N4O5S. The van der Waals surface area contributed by atoms with Crippen LogP contribution < -0.4 is 10.2 Å². The molecule has 1 aliphatic heterocycles. The van der Waals surface area contributed by atoms with Crippen molar-refractivity contribution in [1.82, 2.24) is 14.5 Å². The van der Waals surface area contributed by atoms with Gasteiger partial charge in [0.15, 0.2) is 23.8 Å². The summed E-state index contributed by atoms with van der Waals surface area (Å²) in [7, 11) is 0. The highest BCUT2D eigenvalue weighted by molar-refractivity contribution is 7.17. The van der Waals surface area contributed by atoms with E-state index in [9.17, 15) is 14.4 Å². The first kappa shape index (κ1) is 21.1. The number of nitrogens with one attached hydrogen (secondary N) is 1. The number of carbonyl (C=O) groups is 2. The molecule has 1 aliphatic rings. The van der Waals surface area contributed by atoms with Crippen LogP contribution in [-0.2, 0) is 14.3 Å². The Balaban J connectivity index is 1.74. The molecule has 0 bridgehead atoms. The molecule has 10 heteroatoms. The summed E-state index contributed by atoms with van der Waals surface area (Å²) in [5.74, 6) is -0.649. The van der Waals surface area contributed by atoms with Gasteiger partial charge in [0.25, 0.3) is 5.91 Å². The third-order valence-electron chi connectivity index (χ3n) is 5.33. The quantitative estimate of drug-likeness (QED) is 0.605. The van der Waals surface area contributed by atoms with Crippen LogP contribution >= 0.6 is 11.3 Å². The summed E-state index contributed by atoms with van der Waals surface area (Å²) in [6.45, 7) is 5.24. The van der Waals surface area contributed by atoms with E-state index >= 15 is 0 Å². The van der Waals surface area contributed by atoms with E-state index in [-0.39, 0.29) is 28.6 Å². The fraction of sp³-hybridized carbons (Fsp3) is 0.381. The minimum absolute atomic E-state index is 0.0974. The SMILES string of the molecule is CC[C@H]1O[C@@H](n2c(=O)sc3c(NC(=O)c4ccccc4)ncnc32)[C@H](OC(C)=O)[C@@H]1C. The Morgan fingerprint density at radius 3 is 2.68 bits per heavy atom. The Hall–Kier alpha value is -3.11. The van der Waals surface area contributed by atoms with Crippen molar-refractivity contribution in [2.24, 2.45) is 5.92 Å². The zero-order chi connectivity index (χ0) is 22.1. The number of benzene rings is 1. The molecule has 0 radical (unpaired) electrons. The Bertz CT molecular complexity index is 1180. The van der Waals surface area contributed by atoms with Crippen LogP contribution in [0.4, 0.5) is 5.82 Å². The van der Waals surface area contributed by atoms with E-state index in [1.54, 1.807) is 24.3 Å². The monoisotopic (exact) mass is 442 g/mol. The summed E-state index contributed by atoms with van der Waals surface area (Å²) in [5, 5.41) is 2.75. The van der Waals surface area contributed by atoms with Crippen molar-refractivity contribution in [3.8, 4) is 0 Å². The molecule has 0 aliphatic carbocycles. The van der Waals surface area contributed by atoms with E-state index in [0.29, 0.717) is 22.3 Å². The van der Waals surface area contributed by atoms with Crippen molar-refractivity contribution >= 4 is 39.4 Å². The van der Waals surface area contributed by atoms with Gasteiger partial charge in [0.1, 0.15) is 11.0 Å². The summed E-state index contributed by atoms with van der Waals surface area (Å²) < 4.78 is 13.4. The van der Waals surface area contributed by atoms with E-state index < -0.39 is 18.3 Å². The van der Waals surface area contributed by atoms with Gasteiger partial charge in [-0.1, -0.05) is 43.4 Å². The first-order valence-corrected chi connectivity index (χ1v) is 10.8. The first-order valence-electron chi connectivity index (χ1n) is 9.95. The van der Waals surface area contributed by atoms with Gasteiger partial charge in [0.2, 0.25) is 0 Å². The van der Waals surface area contributed by atoms with Gasteiger partial charge in [-0.15, -0.1) is 0 Å². The smallest absolute Gasteiger partial charge is 0.311 e. The summed E-state index contributed by atoms with van der Waals surface area (Å²) in [5.41, 5.74) is 0.786. The number of rotatable bonds is 5. The minimum atomic E-state index is -0.808. The van der Waals surface area contributed by atoms with E-state index in [0.717, 1.165) is 11.3 Å². The lowest BCUT2D eigenvalue weighted by Crippen LogP contribution is -2.33. The van der Waals surface area contributed by atoms with Crippen LogP contribution in [0.15, 0.2) is 41.5 Å². The summed E-state index contributed by atoms with van der Waals surface area (Å²) >= 11 is 0.908. The van der Waals surface area contributed by atoms with Crippen LogP contribution in [0.5, 0.6) is 0 Å². The van der Waals surface area contributed by atoms with E-state index in [1.165, 1.54) is 17.8 Å². The Morgan fingerprint density at radius 1 is 1.26 bits per heavy atom. The second-order valence-corrected chi connectivity index (χ2v) is 8.30. The van der Waals surface area contributed by atoms with Gasteiger partial charge < -0.3 is 14.8 Å². The number of ether oxygens (including phenoxy) is 2. The molecule has 1 N–H and O–H groups in total. The summed E-state index contributed by atoms with van der Waals surface area (Å²) in [6.07, 6.45) is 0.380. The van der Waals surface area contributed by atoms with Crippen molar-refractivity contribution in [2.45, 2.75) is 45.6 Å². The largest absolute Gasteiger partial charge is 0.457 e. The number of thiazole rings is 1. The highest BCUT2D eigenvalue weighted by Crippen LogP contribution is 2.39. The molecule has 2 aromatic heterocycles. The molecule has 31 heavy (non-hydrogen) atoms. The van der Waals surface area contributed by atoms with Crippen molar-refractivity contribution in [3.05, 3.63) is 51.9 Å². The average molecular weight is 442 g/mol. The molecule has 0 unspecified atom stereocenters. The Labute approximate surface area is 182 Å². The van der Waals surface area contributed by atoms with Crippen molar-refractivity contribution in [1.29, 1.82) is 0 Å². The lowest BCUT2D eigenvalue weighted by Gasteiger charge is -2.21. The maximum absolute atomic E-state index is 12.9. The molecule has 3 heterocycles. The molecular weight excluding hydrogens is 420 g/mol. The fourth-order valence-corrected chi connectivity index (χ4v) is 4.73. The van der Waals surface area contributed by atoms with Crippen LogP contribution in [0.3, 0.4) is 0 Å². The molecule has 1 aromatic carbocycles. The van der Waals surface area contributed by atoms with Gasteiger partial charge in [-0.25, -0.2) is 9.97 Å². The predicted molar refractivity (Wildman–Crippen MR) is 115 cm³/mol. The molecule has 9 nitrogen and oxygen atoms in total. The molecule has 1 fully saturated rings. The summed E-state index contributed by atoms with van der Waals surface area (Å²) in [4.78, 5) is 45.3. The second-order valence-electron chi connectivity index (χ2n) is 7.34. The number of anilines is 1. The Kier molecular flexibility index (Phi) is 5.84. The lowest BCUT2D eigenvalue weighted by molar-refractivity contribution is -0.153. The van der Waals surface area contributed by atoms with Gasteiger partial charge >= 0.3 is 10.8 Å². The average Bonchev–Trinajstić information content (AvgIpc) is 3.25. The highest BCUT2D eigenvalue weighted by Gasteiger charge is 2.45. The normalized spacial score (nSPS) is 23.1. The zero-order valence-electron chi connectivity index (χ0n) is 17.3. The first-order chi connectivity index (χ1) is 14.9. The number of amides is 1. The van der Waals surface area contributed by atoms with Crippen LogP contribution in [0, 0.1) is 5.92 Å². The zero-order valence-corrected chi connectivity index (χ0v) is 18.1. The van der Waals surface area contributed by atoms with Crippen molar-refractivity contribution in [3.63, 3.8) is 0 Å². The standard InChI is InChI=1S/C21H22N4O5S/c1-4-14-11(2)15(29-12(3)26)20(30-14)25-18-16(31-21(25)28)17(22-10-23-18)24-19(27)13-8-6-5-7-9-13/h5-11,14-15,20H,4H2,1-3H3,(H,22,23,24,27)/t11-,14-,15-,20-/m1/s1. The lowest BCUT2D eigenvalue weighted by atomic mass is 9.98. The predicted octanol–water partition coefficient (Wildman–Crippen LogP) is 2.98. The Morgan fingerprint density at radius 2 is 2.00 bits per heavy atom. The van der Waals surface area contributed by atoms with Crippen LogP contribution in [0.25, 0.3) is 10.3 Å². The topological polar surface area (TPSA) is 112 Å². The number of nitrogens with zero attached hydrogens (tertiary/aromatic N) is 3. The van der Waals surface area contributed by atoms with Gasteiger partial charge in [-0.3, -0.25) is 19.0 Å². The highest BCUT2D eigenvalue weighted by atomic mass is 32.1. The van der Waals surface area contributed by atoms with Gasteiger partial charge in [0, 0.05) is 18.4 Å². The molecule has 4 atom stereocenters. The number of hydrogen-bond donors (Lipinski definition) is 1. The molecule has 1 saturated heterocycles. The molecule has 0 spiro atoms. The molecule has 3 aromatic rings. The van der Waals surface area contributed by atoms with E-state index in [4.69, 9.17) is 9.47 Å². The van der Waals surface area contributed by atoms with Crippen LogP contribution in [0.1, 0.15) is 43.8 Å². The minimum Gasteiger partial charge on any atom is -0.457 e. The van der Waals surface area contributed by atoms with Gasteiger partial charge in [-0.05, 0) is 18.6 Å². The second kappa shape index (κ2) is 8.56. The number of esters is 1. The number of fused-ring (bicyclic) bond motifs is 1. The third kappa shape index (κ3) is 3.96. The van der Waals surface area contributed by atoms with Gasteiger partial charge in [-0.2, -0.15) is 0 Å². The van der Waals surface area contributed by atoms with Crippen molar-refractivity contribution < 1.29 is 19.1 Å². The molecule has 0 saturated carbocycles. The number of aromatic nitrogens is 3. The third-order valence-corrected chi connectivity index (χ3v) is 6.28. The van der Waals surface area contributed by atoms with Crippen molar-refractivity contribution in [2.75, 3.05) is 5.32 Å². The summed E-state index contributed by atoms with van der Waals surface area (Å²) in [6, 6.07) is 8.71. The maximum atomic E-state index is 12.9. The maximum Gasteiger partial charge on any atom is 0.311 e. The van der Waals surface area contributed by atoms with Gasteiger partial charge in [0.05, 0.1) is 6.10 Å². The van der Waals surface area contributed by atoms with Crippen LogP contribution in [0.2, 0.25) is 0 Å². The number of hydrogen-bond acceptors (Lipinski definition) is 8. The number of carbonyl (C=O) groups excluding carboxylic acids is 2.